The third-order valence-electron chi connectivity index (χ3n) is 7.07. The quantitative estimate of drug-likeness (QED) is 0.454. The number of rotatable bonds is 5. The van der Waals surface area contributed by atoms with Gasteiger partial charge in [-0.15, -0.1) is 0 Å². The fraction of sp³-hybridized carbons (Fsp3) is 0.480. The van der Waals surface area contributed by atoms with Crippen LogP contribution in [0.15, 0.2) is 42.5 Å². The van der Waals surface area contributed by atoms with Crippen LogP contribution in [-0.2, 0) is 23.5 Å². The summed E-state index contributed by atoms with van der Waals surface area (Å²) in [6, 6.07) is 7.26. The molecule has 0 bridgehead atoms. The molecule has 36 heavy (non-hydrogen) atoms. The van der Waals surface area contributed by atoms with Gasteiger partial charge >= 0.3 is 18.4 Å². The van der Waals surface area contributed by atoms with Gasteiger partial charge in [0.2, 0.25) is 0 Å². The molecule has 1 aliphatic carbocycles. The molecule has 0 radical (unpaired) electrons. The number of hydrogen-bond acceptors (Lipinski definition) is 2. The van der Waals surface area contributed by atoms with E-state index < -0.39 is 41.5 Å². The number of ether oxygens (including phenoxy) is 1. The highest BCUT2D eigenvalue weighted by Crippen LogP contribution is 2.46. The molecule has 0 spiro atoms. The minimum atomic E-state index is -4.93. The summed E-state index contributed by atoms with van der Waals surface area (Å²) in [7, 11) is 0. The topological polar surface area (TPSA) is 49.8 Å². The van der Waals surface area contributed by atoms with Gasteiger partial charge in [0.15, 0.2) is 0 Å². The van der Waals surface area contributed by atoms with Crippen LogP contribution in [0.2, 0.25) is 0 Å². The Bertz CT molecular complexity index is 1050. The van der Waals surface area contributed by atoms with Crippen molar-refractivity contribution in [2.24, 2.45) is 11.8 Å². The number of hydrogen-bond donors (Lipinski definition) is 1. The van der Waals surface area contributed by atoms with E-state index in [1.165, 1.54) is 17.0 Å². The Labute approximate surface area is 202 Å². The molecular formula is C25H24F7NO3. The van der Waals surface area contributed by atoms with Crippen LogP contribution in [0.4, 0.5) is 35.5 Å². The smallest absolute Gasteiger partial charge is 0.416 e. The third kappa shape index (κ3) is 5.77. The first kappa shape index (κ1) is 26.2. The SMILES string of the molecule is O=C(O)N1C[C@@H]2CC[C@H](OCCc3cc(C(F)(F)F)cc(C(F)(F)F)c3)[C@@H](c3ccc(F)cc3)[C@@H]2C1. The van der Waals surface area contributed by atoms with E-state index in [9.17, 15) is 40.6 Å². The number of alkyl halides is 6. The molecule has 196 valence electrons. The van der Waals surface area contributed by atoms with Crippen LogP contribution >= 0.6 is 0 Å². The lowest BCUT2D eigenvalue weighted by Crippen LogP contribution is -2.38. The van der Waals surface area contributed by atoms with E-state index >= 15 is 0 Å². The van der Waals surface area contributed by atoms with Gasteiger partial charge in [-0.1, -0.05) is 12.1 Å². The number of carbonyl (C=O) groups is 1. The molecule has 1 heterocycles. The van der Waals surface area contributed by atoms with Gasteiger partial charge in [-0.3, -0.25) is 0 Å². The summed E-state index contributed by atoms with van der Waals surface area (Å²) in [4.78, 5) is 12.9. The Kier molecular flexibility index (Phi) is 7.23. The highest BCUT2D eigenvalue weighted by Gasteiger charge is 2.46. The van der Waals surface area contributed by atoms with Crippen LogP contribution in [0.3, 0.4) is 0 Å². The van der Waals surface area contributed by atoms with Crippen molar-refractivity contribution in [1.29, 1.82) is 0 Å². The molecule has 1 aliphatic heterocycles. The molecule has 2 fully saturated rings. The first-order chi connectivity index (χ1) is 16.8. The van der Waals surface area contributed by atoms with E-state index in [0.29, 0.717) is 31.5 Å². The molecule has 0 unspecified atom stereocenters. The van der Waals surface area contributed by atoms with Crippen molar-refractivity contribution < 1.29 is 45.4 Å². The molecule has 1 saturated heterocycles. The fourth-order valence-corrected chi connectivity index (χ4v) is 5.42. The number of benzene rings is 2. The zero-order valence-corrected chi connectivity index (χ0v) is 19.0. The zero-order valence-electron chi connectivity index (χ0n) is 19.0. The Morgan fingerprint density at radius 1 is 0.944 bits per heavy atom. The monoisotopic (exact) mass is 519 g/mol. The van der Waals surface area contributed by atoms with E-state index in [1.807, 2.05) is 0 Å². The summed E-state index contributed by atoms with van der Waals surface area (Å²) in [6.07, 6.45) is -10.3. The van der Waals surface area contributed by atoms with Gasteiger partial charge in [0, 0.05) is 19.0 Å². The van der Waals surface area contributed by atoms with Crippen molar-refractivity contribution in [2.45, 2.75) is 43.6 Å². The maximum Gasteiger partial charge on any atom is 0.416 e. The fourth-order valence-electron chi connectivity index (χ4n) is 5.42. The van der Waals surface area contributed by atoms with E-state index in [4.69, 9.17) is 4.74 Å². The highest BCUT2D eigenvalue weighted by molar-refractivity contribution is 5.65. The molecule has 2 aromatic rings. The Morgan fingerprint density at radius 3 is 2.11 bits per heavy atom. The molecule has 4 rings (SSSR count). The van der Waals surface area contributed by atoms with Crippen LogP contribution < -0.4 is 0 Å². The number of fused-ring (bicyclic) bond motifs is 1. The van der Waals surface area contributed by atoms with Crippen molar-refractivity contribution in [2.75, 3.05) is 19.7 Å². The van der Waals surface area contributed by atoms with Gasteiger partial charge in [0.05, 0.1) is 23.8 Å². The van der Waals surface area contributed by atoms with Crippen LogP contribution in [0, 0.1) is 17.7 Å². The van der Waals surface area contributed by atoms with E-state index in [1.54, 1.807) is 12.1 Å². The standard InChI is InChI=1S/C25H24F7NO3/c26-19-4-1-15(2-5-19)22-20-13-33(23(34)35)12-16(20)3-6-21(22)36-8-7-14-9-17(24(27,28)29)11-18(10-14)25(30,31)32/h1-2,4-5,9-11,16,20-22H,3,6-8,12-13H2,(H,34,35)/t16-,20+,21-,22-/m0/s1. The number of likely N-dealkylation sites (tertiary alicyclic amines) is 1. The second-order valence-electron chi connectivity index (χ2n) is 9.34. The lowest BCUT2D eigenvalue weighted by molar-refractivity contribution is -0.143. The van der Waals surface area contributed by atoms with Crippen LogP contribution in [0.1, 0.15) is 41.0 Å². The van der Waals surface area contributed by atoms with E-state index in [2.05, 4.69) is 0 Å². The highest BCUT2D eigenvalue weighted by atomic mass is 19.4. The summed E-state index contributed by atoms with van der Waals surface area (Å²) >= 11 is 0. The molecule has 2 aromatic carbocycles. The summed E-state index contributed by atoms with van der Waals surface area (Å²) in [5, 5.41) is 9.43. The van der Waals surface area contributed by atoms with Gasteiger partial charge in [0.25, 0.3) is 0 Å². The van der Waals surface area contributed by atoms with Gasteiger partial charge in [-0.05, 0) is 72.6 Å². The average molecular weight is 519 g/mol. The second kappa shape index (κ2) is 9.91. The number of halogens is 7. The molecule has 2 aliphatic rings. The molecule has 11 heteroatoms. The predicted molar refractivity (Wildman–Crippen MR) is 115 cm³/mol. The maximum absolute atomic E-state index is 13.5. The molecule has 0 aromatic heterocycles. The average Bonchev–Trinajstić information content (AvgIpc) is 3.23. The van der Waals surface area contributed by atoms with E-state index in [-0.39, 0.29) is 49.0 Å². The predicted octanol–water partition coefficient (Wildman–Crippen LogP) is 6.59. The van der Waals surface area contributed by atoms with Crippen LogP contribution in [0.5, 0.6) is 0 Å². The van der Waals surface area contributed by atoms with Gasteiger partial charge in [-0.2, -0.15) is 26.3 Å². The van der Waals surface area contributed by atoms with Crippen molar-refractivity contribution in [3.05, 3.63) is 70.5 Å². The minimum absolute atomic E-state index is 0.0776. The Balaban J connectivity index is 1.53. The molecule has 4 atom stereocenters. The zero-order chi connectivity index (χ0) is 26.3. The summed E-state index contributed by atoms with van der Waals surface area (Å²) in [5.41, 5.74) is -2.16. The maximum atomic E-state index is 13.5. The lowest BCUT2D eigenvalue weighted by atomic mass is 9.69. The summed E-state index contributed by atoms with van der Waals surface area (Å²) in [5.74, 6) is -0.752. The van der Waals surface area contributed by atoms with Crippen molar-refractivity contribution in [1.82, 2.24) is 4.90 Å². The van der Waals surface area contributed by atoms with Gasteiger partial charge in [-0.25, -0.2) is 9.18 Å². The largest absolute Gasteiger partial charge is 0.465 e. The first-order valence-corrected chi connectivity index (χ1v) is 11.5. The second-order valence-corrected chi connectivity index (χ2v) is 9.34. The van der Waals surface area contributed by atoms with Crippen molar-refractivity contribution >= 4 is 6.09 Å². The normalized spacial score (nSPS) is 24.6. The minimum Gasteiger partial charge on any atom is -0.465 e. The molecule has 4 nitrogen and oxygen atoms in total. The first-order valence-electron chi connectivity index (χ1n) is 11.5. The molecule has 1 N–H and O–H groups in total. The molecule has 1 amide bonds. The summed E-state index contributed by atoms with van der Waals surface area (Å²) in [6.45, 7) is 0.514. The Morgan fingerprint density at radius 2 is 1.56 bits per heavy atom. The van der Waals surface area contributed by atoms with Crippen LogP contribution in [0.25, 0.3) is 0 Å². The Hall–Kier alpha value is -2.82. The summed E-state index contributed by atoms with van der Waals surface area (Å²) < 4.78 is 98.5. The van der Waals surface area contributed by atoms with Gasteiger partial charge < -0.3 is 14.7 Å². The number of amides is 1. The van der Waals surface area contributed by atoms with Crippen LogP contribution in [-0.4, -0.2) is 41.9 Å². The van der Waals surface area contributed by atoms with Gasteiger partial charge in [0.1, 0.15) is 5.82 Å². The van der Waals surface area contributed by atoms with Crippen molar-refractivity contribution in [3.63, 3.8) is 0 Å². The number of nitrogens with zero attached hydrogens (tertiary/aromatic N) is 1. The lowest BCUT2D eigenvalue weighted by Gasteiger charge is -2.39. The molecule has 1 saturated carbocycles. The number of carboxylic acid groups (broad SMARTS) is 1. The third-order valence-corrected chi connectivity index (χ3v) is 7.07. The van der Waals surface area contributed by atoms with Crippen molar-refractivity contribution in [3.8, 4) is 0 Å². The molecular weight excluding hydrogens is 495 g/mol. The van der Waals surface area contributed by atoms with E-state index in [0.717, 1.165) is 5.56 Å².